The van der Waals surface area contributed by atoms with Crippen molar-refractivity contribution in [2.75, 3.05) is 0 Å². The highest BCUT2D eigenvalue weighted by Gasteiger charge is 2.30. The zero-order valence-electron chi connectivity index (χ0n) is 12.2. The molecule has 3 heteroatoms. The van der Waals surface area contributed by atoms with Crippen molar-refractivity contribution in [3.8, 4) is 5.75 Å². The summed E-state index contributed by atoms with van der Waals surface area (Å²) >= 11 is 6.16. The predicted octanol–water partition coefficient (Wildman–Crippen LogP) is 4.10. The van der Waals surface area contributed by atoms with Gasteiger partial charge in [-0.3, -0.25) is 0 Å². The van der Waals surface area contributed by atoms with E-state index in [-0.39, 0.29) is 17.6 Å². The standard InChI is InChI=1S/C15H24ClNO/c1-9-7-12(8-10(2)13(9)16)18-14(11(3)17)15(4,5)6/h7-8,11,14H,17H2,1-6H3. The van der Waals surface area contributed by atoms with E-state index >= 15 is 0 Å². The minimum absolute atomic E-state index is 0.00435. The first kappa shape index (κ1) is 15.3. The molecule has 0 amide bonds. The van der Waals surface area contributed by atoms with Crippen molar-refractivity contribution in [2.45, 2.75) is 53.7 Å². The summed E-state index contributed by atoms with van der Waals surface area (Å²) in [6.45, 7) is 12.4. The Morgan fingerprint density at radius 3 is 1.94 bits per heavy atom. The van der Waals surface area contributed by atoms with Crippen molar-refractivity contribution in [3.63, 3.8) is 0 Å². The van der Waals surface area contributed by atoms with E-state index in [1.807, 2.05) is 32.9 Å². The number of hydrogen-bond donors (Lipinski definition) is 1. The molecule has 0 saturated carbocycles. The van der Waals surface area contributed by atoms with Gasteiger partial charge in [0.25, 0.3) is 0 Å². The molecule has 18 heavy (non-hydrogen) atoms. The molecule has 0 fully saturated rings. The summed E-state index contributed by atoms with van der Waals surface area (Å²) < 4.78 is 6.07. The minimum Gasteiger partial charge on any atom is -0.488 e. The molecular formula is C15H24ClNO. The Hall–Kier alpha value is -0.730. The molecule has 1 aromatic carbocycles. The molecule has 0 aliphatic heterocycles. The SMILES string of the molecule is Cc1cc(OC(C(C)N)C(C)(C)C)cc(C)c1Cl. The molecule has 0 saturated heterocycles. The topological polar surface area (TPSA) is 35.2 Å². The maximum absolute atomic E-state index is 6.16. The van der Waals surface area contributed by atoms with Crippen LogP contribution in [0, 0.1) is 19.3 Å². The quantitative estimate of drug-likeness (QED) is 0.897. The van der Waals surface area contributed by atoms with Gasteiger partial charge in [-0.05, 0) is 44.0 Å². The normalized spacial score (nSPS) is 15.3. The fourth-order valence-electron chi connectivity index (χ4n) is 2.19. The zero-order valence-corrected chi connectivity index (χ0v) is 12.9. The van der Waals surface area contributed by atoms with Crippen molar-refractivity contribution >= 4 is 11.6 Å². The van der Waals surface area contributed by atoms with Crippen LogP contribution in [-0.2, 0) is 0 Å². The van der Waals surface area contributed by atoms with E-state index in [1.165, 1.54) is 0 Å². The van der Waals surface area contributed by atoms with Gasteiger partial charge in [0.15, 0.2) is 0 Å². The number of rotatable bonds is 3. The van der Waals surface area contributed by atoms with Crippen LogP contribution in [0.3, 0.4) is 0 Å². The number of ether oxygens (including phenoxy) is 1. The molecule has 2 unspecified atom stereocenters. The lowest BCUT2D eigenvalue weighted by Crippen LogP contribution is -2.45. The monoisotopic (exact) mass is 269 g/mol. The molecule has 1 rings (SSSR count). The molecule has 2 atom stereocenters. The molecule has 2 N–H and O–H groups in total. The Labute approximate surface area is 115 Å². The first-order chi connectivity index (χ1) is 8.12. The Morgan fingerprint density at radius 1 is 1.17 bits per heavy atom. The van der Waals surface area contributed by atoms with Crippen LogP contribution >= 0.6 is 11.6 Å². The number of hydrogen-bond acceptors (Lipinski definition) is 2. The second kappa shape index (κ2) is 5.50. The first-order valence-corrected chi connectivity index (χ1v) is 6.69. The third-order valence-corrected chi connectivity index (χ3v) is 3.60. The summed E-state index contributed by atoms with van der Waals surface area (Å²) in [5, 5.41) is 0.801. The molecule has 0 aromatic heterocycles. The molecule has 102 valence electrons. The van der Waals surface area contributed by atoms with E-state index in [1.54, 1.807) is 0 Å². The fraction of sp³-hybridized carbons (Fsp3) is 0.600. The van der Waals surface area contributed by atoms with Gasteiger partial charge in [0.1, 0.15) is 11.9 Å². The zero-order chi connectivity index (χ0) is 14.1. The Kier molecular flexibility index (Phi) is 4.68. The molecule has 0 spiro atoms. The molecule has 0 bridgehead atoms. The highest BCUT2D eigenvalue weighted by molar-refractivity contribution is 6.32. The molecule has 0 radical (unpaired) electrons. The lowest BCUT2D eigenvalue weighted by molar-refractivity contribution is 0.0683. The van der Waals surface area contributed by atoms with Gasteiger partial charge in [0.2, 0.25) is 0 Å². The van der Waals surface area contributed by atoms with Crippen LogP contribution in [0.15, 0.2) is 12.1 Å². The van der Waals surface area contributed by atoms with Gasteiger partial charge < -0.3 is 10.5 Å². The van der Waals surface area contributed by atoms with E-state index in [4.69, 9.17) is 22.1 Å². The van der Waals surface area contributed by atoms with Crippen molar-refractivity contribution in [1.29, 1.82) is 0 Å². The molecule has 0 heterocycles. The largest absolute Gasteiger partial charge is 0.488 e. The van der Waals surface area contributed by atoms with Gasteiger partial charge in [0, 0.05) is 16.5 Å². The average molecular weight is 270 g/mol. The van der Waals surface area contributed by atoms with Gasteiger partial charge >= 0.3 is 0 Å². The van der Waals surface area contributed by atoms with Crippen LogP contribution in [0.2, 0.25) is 5.02 Å². The third-order valence-electron chi connectivity index (χ3n) is 3.00. The van der Waals surface area contributed by atoms with Crippen molar-refractivity contribution in [2.24, 2.45) is 11.1 Å². The van der Waals surface area contributed by atoms with E-state index < -0.39 is 0 Å². The minimum atomic E-state index is -0.0301. The number of halogens is 1. The molecule has 1 aromatic rings. The smallest absolute Gasteiger partial charge is 0.120 e. The fourth-order valence-corrected chi connectivity index (χ4v) is 2.30. The van der Waals surface area contributed by atoms with Crippen LogP contribution < -0.4 is 10.5 Å². The van der Waals surface area contributed by atoms with Crippen LogP contribution in [0.5, 0.6) is 5.75 Å². The van der Waals surface area contributed by atoms with Crippen molar-refractivity contribution in [3.05, 3.63) is 28.3 Å². The lowest BCUT2D eigenvalue weighted by atomic mass is 9.85. The van der Waals surface area contributed by atoms with Crippen LogP contribution in [-0.4, -0.2) is 12.1 Å². The second-order valence-corrected chi connectivity index (χ2v) is 6.51. The second-order valence-electron chi connectivity index (χ2n) is 6.13. The summed E-state index contributed by atoms with van der Waals surface area (Å²) in [7, 11) is 0. The molecular weight excluding hydrogens is 246 g/mol. The lowest BCUT2D eigenvalue weighted by Gasteiger charge is -2.34. The van der Waals surface area contributed by atoms with Crippen LogP contribution in [0.1, 0.15) is 38.8 Å². The highest BCUT2D eigenvalue weighted by atomic mass is 35.5. The Bertz CT molecular complexity index is 398. The average Bonchev–Trinajstić information content (AvgIpc) is 2.20. The summed E-state index contributed by atoms with van der Waals surface area (Å²) in [5.74, 6) is 0.839. The van der Waals surface area contributed by atoms with E-state index in [2.05, 4.69) is 20.8 Å². The molecule has 0 aliphatic carbocycles. The third kappa shape index (κ3) is 3.63. The maximum atomic E-state index is 6.16. The highest BCUT2D eigenvalue weighted by Crippen LogP contribution is 2.30. The van der Waals surface area contributed by atoms with Gasteiger partial charge in [-0.25, -0.2) is 0 Å². The molecule has 2 nitrogen and oxygen atoms in total. The van der Waals surface area contributed by atoms with Crippen LogP contribution in [0.4, 0.5) is 0 Å². The summed E-state index contributed by atoms with van der Waals surface area (Å²) in [5.41, 5.74) is 8.08. The number of nitrogens with two attached hydrogens (primary N) is 1. The van der Waals surface area contributed by atoms with Crippen molar-refractivity contribution < 1.29 is 4.74 Å². The van der Waals surface area contributed by atoms with Gasteiger partial charge in [0.05, 0.1) is 0 Å². The van der Waals surface area contributed by atoms with Gasteiger partial charge in [-0.15, -0.1) is 0 Å². The van der Waals surface area contributed by atoms with Crippen LogP contribution in [0.25, 0.3) is 0 Å². The Morgan fingerprint density at radius 2 is 1.61 bits per heavy atom. The van der Waals surface area contributed by atoms with E-state index in [0.29, 0.717) is 0 Å². The number of benzene rings is 1. The number of aryl methyl sites for hydroxylation is 2. The molecule has 0 aliphatic rings. The predicted molar refractivity (Wildman–Crippen MR) is 78.4 cm³/mol. The maximum Gasteiger partial charge on any atom is 0.120 e. The van der Waals surface area contributed by atoms with E-state index in [0.717, 1.165) is 21.9 Å². The van der Waals surface area contributed by atoms with E-state index in [9.17, 15) is 0 Å². The summed E-state index contributed by atoms with van der Waals surface area (Å²) in [6.07, 6.45) is -0.0301. The summed E-state index contributed by atoms with van der Waals surface area (Å²) in [6, 6.07) is 3.91. The first-order valence-electron chi connectivity index (χ1n) is 6.32. The van der Waals surface area contributed by atoms with Gasteiger partial charge in [-0.2, -0.15) is 0 Å². The van der Waals surface area contributed by atoms with Crippen molar-refractivity contribution in [1.82, 2.24) is 0 Å². The summed E-state index contributed by atoms with van der Waals surface area (Å²) in [4.78, 5) is 0. The Balaban J connectivity index is 3.02. The van der Waals surface area contributed by atoms with Gasteiger partial charge in [-0.1, -0.05) is 32.4 Å².